The molecule has 1 fully saturated rings. The molecule has 1 aliphatic heterocycles. The molecule has 0 saturated carbocycles. The molecule has 0 bridgehead atoms. The molecule has 4 rings (SSSR count). The lowest BCUT2D eigenvalue weighted by atomic mass is 10.0. The van der Waals surface area contributed by atoms with Crippen LogP contribution in [0.25, 0.3) is 11.1 Å². The van der Waals surface area contributed by atoms with Gasteiger partial charge in [-0.2, -0.15) is 0 Å². The number of amides is 1. The SMILES string of the molecule is Cc1cc(N2CCC(N(C)C(=O)CCS(=O)(=O)c3ccc(-c4ccncc4)cc3)CC2)ccn1. The van der Waals surface area contributed by atoms with Gasteiger partial charge in [-0.25, -0.2) is 8.42 Å². The molecule has 1 aromatic carbocycles. The largest absolute Gasteiger partial charge is 0.371 e. The monoisotopic (exact) mass is 478 g/mol. The lowest BCUT2D eigenvalue weighted by Crippen LogP contribution is -2.46. The number of hydrogen-bond donors (Lipinski definition) is 0. The van der Waals surface area contributed by atoms with Crippen LogP contribution in [0.4, 0.5) is 5.69 Å². The van der Waals surface area contributed by atoms with Crippen LogP contribution in [0.15, 0.2) is 72.0 Å². The fourth-order valence-electron chi connectivity index (χ4n) is 4.36. The Labute approximate surface area is 201 Å². The van der Waals surface area contributed by atoms with Crippen molar-refractivity contribution < 1.29 is 13.2 Å². The summed E-state index contributed by atoms with van der Waals surface area (Å²) in [5.74, 6) is -0.324. The molecule has 0 atom stereocenters. The van der Waals surface area contributed by atoms with Crippen LogP contribution in [0.1, 0.15) is 25.0 Å². The first-order valence-corrected chi connectivity index (χ1v) is 13.2. The van der Waals surface area contributed by atoms with Gasteiger partial charge >= 0.3 is 0 Å². The molecule has 1 saturated heterocycles. The summed E-state index contributed by atoms with van der Waals surface area (Å²) in [5, 5.41) is 0. The van der Waals surface area contributed by atoms with Crippen molar-refractivity contribution in [2.24, 2.45) is 0 Å². The lowest BCUT2D eigenvalue weighted by molar-refractivity contribution is -0.131. The number of carbonyl (C=O) groups excluding carboxylic acids is 1. The van der Waals surface area contributed by atoms with Crippen molar-refractivity contribution >= 4 is 21.4 Å². The van der Waals surface area contributed by atoms with E-state index in [2.05, 4.69) is 20.9 Å². The van der Waals surface area contributed by atoms with Crippen LogP contribution < -0.4 is 4.90 Å². The molecule has 34 heavy (non-hydrogen) atoms. The third-order valence-corrected chi connectivity index (χ3v) is 8.19. The van der Waals surface area contributed by atoms with E-state index >= 15 is 0 Å². The summed E-state index contributed by atoms with van der Waals surface area (Å²) >= 11 is 0. The Balaban J connectivity index is 1.30. The number of carbonyl (C=O) groups is 1. The molecule has 2 aromatic heterocycles. The van der Waals surface area contributed by atoms with Gasteiger partial charge in [-0.1, -0.05) is 12.1 Å². The fraction of sp³-hybridized carbons (Fsp3) is 0.346. The summed E-state index contributed by atoms with van der Waals surface area (Å²) in [5.41, 5.74) is 4.03. The van der Waals surface area contributed by atoms with E-state index in [0.29, 0.717) is 0 Å². The summed E-state index contributed by atoms with van der Waals surface area (Å²) in [7, 11) is -1.75. The van der Waals surface area contributed by atoms with Gasteiger partial charge in [0.05, 0.1) is 10.6 Å². The number of aromatic nitrogens is 2. The van der Waals surface area contributed by atoms with Gasteiger partial charge in [0.25, 0.3) is 0 Å². The Bertz CT molecular complexity index is 1220. The first-order valence-electron chi connectivity index (χ1n) is 11.5. The molecule has 0 unspecified atom stereocenters. The fourth-order valence-corrected chi connectivity index (χ4v) is 5.59. The van der Waals surface area contributed by atoms with Gasteiger partial charge in [0.2, 0.25) is 5.91 Å². The number of rotatable bonds is 7. The third kappa shape index (κ3) is 5.62. The molecule has 0 radical (unpaired) electrons. The number of hydrogen-bond acceptors (Lipinski definition) is 6. The molecule has 7 nitrogen and oxygen atoms in total. The number of piperidine rings is 1. The maximum Gasteiger partial charge on any atom is 0.223 e. The van der Waals surface area contributed by atoms with E-state index in [-0.39, 0.29) is 29.0 Å². The highest BCUT2D eigenvalue weighted by atomic mass is 32.2. The maximum atomic E-state index is 12.8. The minimum atomic E-state index is -3.54. The van der Waals surface area contributed by atoms with Gasteiger partial charge in [-0.15, -0.1) is 0 Å². The number of aryl methyl sites for hydroxylation is 1. The van der Waals surface area contributed by atoms with E-state index in [1.165, 1.54) is 0 Å². The van der Waals surface area contributed by atoms with E-state index in [1.807, 2.05) is 31.3 Å². The lowest BCUT2D eigenvalue weighted by Gasteiger charge is -2.38. The zero-order valence-corrected chi connectivity index (χ0v) is 20.4. The summed E-state index contributed by atoms with van der Waals surface area (Å²) < 4.78 is 25.6. The molecule has 3 aromatic rings. The van der Waals surface area contributed by atoms with Crippen LogP contribution in [0.5, 0.6) is 0 Å². The minimum absolute atomic E-state index is 0.0191. The van der Waals surface area contributed by atoms with Gasteiger partial charge in [0, 0.05) is 62.6 Å². The molecule has 0 aliphatic carbocycles. The molecule has 8 heteroatoms. The van der Waals surface area contributed by atoms with Crippen molar-refractivity contribution in [3.05, 3.63) is 72.8 Å². The average molecular weight is 479 g/mol. The van der Waals surface area contributed by atoms with Crippen molar-refractivity contribution in [3.63, 3.8) is 0 Å². The van der Waals surface area contributed by atoms with Crippen molar-refractivity contribution in [1.82, 2.24) is 14.9 Å². The maximum absolute atomic E-state index is 12.8. The Morgan fingerprint density at radius 1 is 1.00 bits per heavy atom. The number of benzene rings is 1. The van der Waals surface area contributed by atoms with Gasteiger partial charge in [-0.05, 0) is 67.3 Å². The average Bonchev–Trinajstić information content (AvgIpc) is 2.87. The topological polar surface area (TPSA) is 83.5 Å². The minimum Gasteiger partial charge on any atom is -0.371 e. The number of sulfone groups is 1. The van der Waals surface area contributed by atoms with Crippen LogP contribution >= 0.6 is 0 Å². The van der Waals surface area contributed by atoms with Gasteiger partial charge in [0.1, 0.15) is 0 Å². The Kier molecular flexibility index (Phi) is 7.26. The van der Waals surface area contributed by atoms with Crippen molar-refractivity contribution in [3.8, 4) is 11.1 Å². The standard InChI is InChI=1S/C26H30N4O3S/c1-20-19-24(9-15-28-20)30-16-10-23(11-17-30)29(2)26(31)12-18-34(32,33)25-5-3-21(4-6-25)22-7-13-27-14-8-22/h3-9,13-15,19,23H,10-12,16-18H2,1-2H3. The highest BCUT2D eigenvalue weighted by molar-refractivity contribution is 7.91. The van der Waals surface area contributed by atoms with Crippen molar-refractivity contribution in [1.29, 1.82) is 0 Å². The molecule has 1 aliphatic rings. The molecule has 0 spiro atoms. The zero-order chi connectivity index (χ0) is 24.1. The molecule has 0 N–H and O–H groups in total. The van der Waals surface area contributed by atoms with E-state index in [4.69, 9.17) is 0 Å². The predicted octanol–water partition coefficient (Wildman–Crippen LogP) is 3.74. The Hall–Kier alpha value is -3.26. The smallest absolute Gasteiger partial charge is 0.223 e. The van der Waals surface area contributed by atoms with Crippen molar-refractivity contribution in [2.45, 2.75) is 37.1 Å². The summed E-state index contributed by atoms with van der Waals surface area (Å²) in [4.78, 5) is 25.3. The normalized spacial score (nSPS) is 14.7. The quantitative estimate of drug-likeness (QED) is 0.514. The first-order chi connectivity index (χ1) is 16.3. The van der Waals surface area contributed by atoms with E-state index in [9.17, 15) is 13.2 Å². The summed E-state index contributed by atoms with van der Waals surface area (Å²) in [6, 6.07) is 14.7. The number of anilines is 1. The highest BCUT2D eigenvalue weighted by Crippen LogP contribution is 2.24. The summed E-state index contributed by atoms with van der Waals surface area (Å²) in [6.07, 6.45) is 6.91. The van der Waals surface area contributed by atoms with Crippen LogP contribution in [-0.2, 0) is 14.6 Å². The second kappa shape index (κ2) is 10.3. The van der Waals surface area contributed by atoms with E-state index in [1.54, 1.807) is 48.6 Å². The first kappa shape index (κ1) is 23.9. The molecule has 1 amide bonds. The van der Waals surface area contributed by atoms with Crippen LogP contribution in [0.2, 0.25) is 0 Å². The second-order valence-corrected chi connectivity index (χ2v) is 10.8. The van der Waals surface area contributed by atoms with E-state index < -0.39 is 9.84 Å². The molecular weight excluding hydrogens is 448 g/mol. The Morgan fingerprint density at radius 3 is 2.29 bits per heavy atom. The van der Waals surface area contributed by atoms with Gasteiger partial charge < -0.3 is 9.80 Å². The Morgan fingerprint density at radius 2 is 1.65 bits per heavy atom. The van der Waals surface area contributed by atoms with E-state index in [0.717, 1.165) is 48.4 Å². The zero-order valence-electron chi connectivity index (χ0n) is 19.6. The predicted molar refractivity (Wildman–Crippen MR) is 133 cm³/mol. The molecule has 3 heterocycles. The third-order valence-electron chi connectivity index (χ3n) is 6.46. The highest BCUT2D eigenvalue weighted by Gasteiger charge is 2.27. The van der Waals surface area contributed by atoms with Gasteiger partial charge in [0.15, 0.2) is 9.84 Å². The summed E-state index contributed by atoms with van der Waals surface area (Å²) in [6.45, 7) is 3.69. The van der Waals surface area contributed by atoms with Crippen LogP contribution in [0.3, 0.4) is 0 Å². The molecular formula is C26H30N4O3S. The van der Waals surface area contributed by atoms with Crippen molar-refractivity contribution in [2.75, 3.05) is 30.8 Å². The van der Waals surface area contributed by atoms with Crippen LogP contribution in [-0.4, -0.2) is 61.1 Å². The molecule has 178 valence electrons. The van der Waals surface area contributed by atoms with Crippen LogP contribution in [0, 0.1) is 6.92 Å². The number of pyridine rings is 2. The number of nitrogens with zero attached hydrogens (tertiary/aromatic N) is 4. The second-order valence-electron chi connectivity index (χ2n) is 8.71. The van der Waals surface area contributed by atoms with Gasteiger partial charge in [-0.3, -0.25) is 14.8 Å².